The SMILES string of the molecule is CCCC(Br)C(C)c1ccc(F)c(Cl)c1. The van der Waals surface area contributed by atoms with E-state index in [-0.39, 0.29) is 10.8 Å². The minimum absolute atomic E-state index is 0.204. The highest BCUT2D eigenvalue weighted by Crippen LogP contribution is 2.30. The standard InChI is InChI=1S/C12H15BrClF/c1-3-4-10(13)8(2)9-5-6-12(15)11(14)7-9/h5-8,10H,3-4H2,1-2H3. The molecule has 0 heterocycles. The van der Waals surface area contributed by atoms with E-state index in [1.165, 1.54) is 6.07 Å². The van der Waals surface area contributed by atoms with Crippen LogP contribution in [0, 0.1) is 5.82 Å². The van der Waals surface area contributed by atoms with Gasteiger partial charge in [-0.3, -0.25) is 0 Å². The fraction of sp³-hybridized carbons (Fsp3) is 0.500. The zero-order valence-corrected chi connectivity index (χ0v) is 11.3. The van der Waals surface area contributed by atoms with Gasteiger partial charge in [0.15, 0.2) is 0 Å². The first-order valence-corrected chi connectivity index (χ1v) is 6.44. The van der Waals surface area contributed by atoms with Crippen LogP contribution in [0.3, 0.4) is 0 Å². The van der Waals surface area contributed by atoms with Crippen molar-refractivity contribution in [2.45, 2.75) is 37.4 Å². The van der Waals surface area contributed by atoms with E-state index in [2.05, 4.69) is 29.8 Å². The Bertz CT molecular complexity index is 327. The molecule has 0 fully saturated rings. The van der Waals surface area contributed by atoms with Gasteiger partial charge in [0.25, 0.3) is 0 Å². The number of benzene rings is 1. The van der Waals surface area contributed by atoms with Crippen LogP contribution in [-0.4, -0.2) is 4.83 Å². The third-order valence-corrected chi connectivity index (χ3v) is 4.12. The molecule has 2 unspecified atom stereocenters. The Balaban J connectivity index is 2.81. The Kier molecular flexibility index (Phi) is 5.07. The molecule has 0 saturated carbocycles. The van der Waals surface area contributed by atoms with Crippen molar-refractivity contribution >= 4 is 27.5 Å². The first-order valence-electron chi connectivity index (χ1n) is 5.15. The van der Waals surface area contributed by atoms with Crippen LogP contribution in [0.5, 0.6) is 0 Å². The van der Waals surface area contributed by atoms with Gasteiger partial charge in [-0.15, -0.1) is 0 Å². The normalized spacial score (nSPS) is 15.0. The van der Waals surface area contributed by atoms with E-state index in [0.29, 0.717) is 10.7 Å². The smallest absolute Gasteiger partial charge is 0.141 e. The lowest BCUT2D eigenvalue weighted by Gasteiger charge is -2.18. The molecular formula is C12H15BrClF. The summed E-state index contributed by atoms with van der Waals surface area (Å²) in [6.07, 6.45) is 2.24. The second kappa shape index (κ2) is 5.86. The third kappa shape index (κ3) is 3.46. The number of alkyl halides is 1. The lowest BCUT2D eigenvalue weighted by atomic mass is 9.95. The van der Waals surface area contributed by atoms with E-state index in [1.807, 2.05) is 0 Å². The molecule has 0 nitrogen and oxygen atoms in total. The molecule has 0 aliphatic rings. The molecular weight excluding hydrogens is 278 g/mol. The summed E-state index contributed by atoms with van der Waals surface area (Å²) in [5.41, 5.74) is 1.08. The molecule has 84 valence electrons. The highest BCUT2D eigenvalue weighted by atomic mass is 79.9. The van der Waals surface area contributed by atoms with E-state index in [4.69, 9.17) is 11.6 Å². The molecule has 0 N–H and O–H groups in total. The monoisotopic (exact) mass is 292 g/mol. The Morgan fingerprint density at radius 3 is 2.67 bits per heavy atom. The van der Waals surface area contributed by atoms with E-state index in [9.17, 15) is 4.39 Å². The molecule has 1 aromatic rings. The van der Waals surface area contributed by atoms with Crippen LogP contribution in [0.2, 0.25) is 5.02 Å². The second-order valence-electron chi connectivity index (χ2n) is 3.77. The largest absolute Gasteiger partial charge is 0.205 e. The second-order valence-corrected chi connectivity index (χ2v) is 5.35. The van der Waals surface area contributed by atoms with E-state index >= 15 is 0 Å². The summed E-state index contributed by atoms with van der Waals surface area (Å²) in [6, 6.07) is 4.95. The van der Waals surface area contributed by atoms with Crippen molar-refractivity contribution in [2.24, 2.45) is 0 Å². The van der Waals surface area contributed by atoms with Gasteiger partial charge in [0.1, 0.15) is 5.82 Å². The number of halogens is 3. The van der Waals surface area contributed by atoms with Crippen molar-refractivity contribution in [2.75, 3.05) is 0 Å². The zero-order chi connectivity index (χ0) is 11.4. The molecule has 0 aliphatic heterocycles. The van der Waals surface area contributed by atoms with Crippen molar-refractivity contribution in [3.8, 4) is 0 Å². The van der Waals surface area contributed by atoms with Crippen LogP contribution < -0.4 is 0 Å². The maximum Gasteiger partial charge on any atom is 0.141 e. The summed E-state index contributed by atoms with van der Waals surface area (Å²) < 4.78 is 13.0. The summed E-state index contributed by atoms with van der Waals surface area (Å²) in [5, 5.41) is 0.204. The van der Waals surface area contributed by atoms with Crippen molar-refractivity contribution < 1.29 is 4.39 Å². The minimum Gasteiger partial charge on any atom is -0.205 e. The van der Waals surface area contributed by atoms with Gasteiger partial charge < -0.3 is 0 Å². The lowest BCUT2D eigenvalue weighted by molar-refractivity contribution is 0.621. The zero-order valence-electron chi connectivity index (χ0n) is 8.93. The fourth-order valence-electron chi connectivity index (χ4n) is 1.53. The van der Waals surface area contributed by atoms with Gasteiger partial charge in [-0.05, 0) is 30.0 Å². The lowest BCUT2D eigenvalue weighted by Crippen LogP contribution is -2.08. The predicted molar refractivity (Wildman–Crippen MR) is 67.4 cm³/mol. The van der Waals surface area contributed by atoms with Gasteiger partial charge in [0.05, 0.1) is 5.02 Å². The van der Waals surface area contributed by atoms with Crippen molar-refractivity contribution in [3.63, 3.8) is 0 Å². The molecule has 1 aromatic carbocycles. The van der Waals surface area contributed by atoms with Crippen LogP contribution in [0.4, 0.5) is 4.39 Å². The highest BCUT2D eigenvalue weighted by Gasteiger charge is 2.16. The predicted octanol–water partition coefficient (Wildman–Crippen LogP) is 5.15. The Morgan fingerprint density at radius 1 is 1.47 bits per heavy atom. The molecule has 3 heteroatoms. The van der Waals surface area contributed by atoms with Crippen LogP contribution in [-0.2, 0) is 0 Å². The highest BCUT2D eigenvalue weighted by molar-refractivity contribution is 9.09. The van der Waals surface area contributed by atoms with Gasteiger partial charge in [0.2, 0.25) is 0 Å². The number of hydrogen-bond acceptors (Lipinski definition) is 0. The first kappa shape index (κ1) is 13.0. The van der Waals surface area contributed by atoms with Crippen molar-refractivity contribution in [3.05, 3.63) is 34.6 Å². The molecule has 1 rings (SSSR count). The van der Waals surface area contributed by atoms with Gasteiger partial charge in [-0.1, -0.05) is 53.9 Å². The summed E-state index contributed by atoms with van der Waals surface area (Å²) in [7, 11) is 0. The summed E-state index contributed by atoms with van der Waals surface area (Å²) >= 11 is 9.40. The topological polar surface area (TPSA) is 0 Å². The van der Waals surface area contributed by atoms with Crippen LogP contribution in [0.15, 0.2) is 18.2 Å². The number of rotatable bonds is 4. The summed E-state index contributed by atoms with van der Waals surface area (Å²) in [6.45, 7) is 4.28. The molecule has 0 spiro atoms. The number of hydrogen-bond donors (Lipinski definition) is 0. The molecule has 15 heavy (non-hydrogen) atoms. The first-order chi connectivity index (χ1) is 7.06. The summed E-state index contributed by atoms with van der Waals surface area (Å²) in [5.74, 6) is -0.00252. The average molecular weight is 294 g/mol. The van der Waals surface area contributed by atoms with Crippen molar-refractivity contribution in [1.29, 1.82) is 0 Å². The Morgan fingerprint density at radius 2 is 2.13 bits per heavy atom. The van der Waals surface area contributed by atoms with Gasteiger partial charge in [0, 0.05) is 4.83 Å². The van der Waals surface area contributed by atoms with E-state index in [1.54, 1.807) is 12.1 Å². The molecule has 0 amide bonds. The van der Waals surface area contributed by atoms with Crippen LogP contribution in [0.1, 0.15) is 38.2 Å². The van der Waals surface area contributed by atoms with Crippen LogP contribution >= 0.6 is 27.5 Å². The molecule has 0 saturated heterocycles. The van der Waals surface area contributed by atoms with Gasteiger partial charge in [-0.25, -0.2) is 4.39 Å². The molecule has 0 aliphatic carbocycles. The quantitative estimate of drug-likeness (QED) is 0.674. The molecule has 0 aromatic heterocycles. The van der Waals surface area contributed by atoms with E-state index in [0.717, 1.165) is 18.4 Å². The Labute approximate surface area is 104 Å². The molecule has 2 atom stereocenters. The molecule has 0 radical (unpaired) electrons. The minimum atomic E-state index is -0.353. The molecule has 0 bridgehead atoms. The summed E-state index contributed by atoms with van der Waals surface area (Å²) in [4.78, 5) is 0.420. The van der Waals surface area contributed by atoms with E-state index < -0.39 is 0 Å². The maximum absolute atomic E-state index is 13.0. The van der Waals surface area contributed by atoms with Crippen molar-refractivity contribution in [1.82, 2.24) is 0 Å². The Hall–Kier alpha value is -0.0800. The fourth-order valence-corrected chi connectivity index (χ4v) is 2.48. The maximum atomic E-state index is 13.0. The third-order valence-electron chi connectivity index (χ3n) is 2.58. The van der Waals surface area contributed by atoms with Crippen LogP contribution in [0.25, 0.3) is 0 Å². The van der Waals surface area contributed by atoms with Gasteiger partial charge >= 0.3 is 0 Å². The average Bonchev–Trinajstić information content (AvgIpc) is 2.21. The van der Waals surface area contributed by atoms with Gasteiger partial charge in [-0.2, -0.15) is 0 Å².